The topological polar surface area (TPSA) is 29.3 Å². The zero-order valence-corrected chi connectivity index (χ0v) is 13.1. The molecule has 0 aliphatic heterocycles. The smallest absolute Gasteiger partial charge is 0.0743 e. The Kier molecular flexibility index (Phi) is 7.16. The Morgan fingerprint density at radius 1 is 1.33 bits per heavy atom. The van der Waals surface area contributed by atoms with Gasteiger partial charge in [0.1, 0.15) is 0 Å². The molecule has 1 unspecified atom stereocenters. The van der Waals surface area contributed by atoms with Crippen LogP contribution in [0, 0.1) is 5.92 Å². The quantitative estimate of drug-likeness (QED) is 0.681. The molecule has 0 aromatic heterocycles. The maximum Gasteiger partial charge on any atom is 0.0743 e. The number of thiocarbonyl (C=S) groups is 1. The Bertz CT molecular complexity index is 247. The molecule has 0 aromatic carbocycles. The van der Waals surface area contributed by atoms with Crippen molar-refractivity contribution in [3.8, 4) is 0 Å². The largest absolute Gasteiger partial charge is 0.393 e. The van der Waals surface area contributed by atoms with Crippen molar-refractivity contribution < 1.29 is 0 Å². The minimum absolute atomic E-state index is 0.560. The van der Waals surface area contributed by atoms with Crippen molar-refractivity contribution in [2.45, 2.75) is 77.8 Å². The highest BCUT2D eigenvalue weighted by Crippen LogP contribution is 2.27. The molecule has 1 rings (SSSR count). The Balaban J connectivity index is 2.63. The first kappa shape index (κ1) is 15.9. The molecule has 2 N–H and O–H groups in total. The van der Waals surface area contributed by atoms with Crippen LogP contribution in [-0.2, 0) is 0 Å². The van der Waals surface area contributed by atoms with E-state index in [0.29, 0.717) is 11.0 Å². The van der Waals surface area contributed by atoms with Crippen LogP contribution in [0.4, 0.5) is 0 Å². The average Bonchev–Trinajstić information content (AvgIpc) is 2.80. The summed E-state index contributed by atoms with van der Waals surface area (Å²) in [7, 11) is 0. The van der Waals surface area contributed by atoms with Crippen LogP contribution in [0.15, 0.2) is 0 Å². The van der Waals surface area contributed by atoms with E-state index in [1.54, 1.807) is 0 Å². The molecular formula is C15H30N2S. The van der Waals surface area contributed by atoms with Crippen molar-refractivity contribution in [1.82, 2.24) is 4.90 Å². The third-order valence-corrected chi connectivity index (χ3v) is 4.30. The molecule has 0 aromatic rings. The number of hydrogen-bond acceptors (Lipinski definition) is 2. The van der Waals surface area contributed by atoms with E-state index in [0.717, 1.165) is 24.8 Å². The average molecular weight is 270 g/mol. The first-order chi connectivity index (χ1) is 8.54. The van der Waals surface area contributed by atoms with Crippen molar-refractivity contribution in [2.24, 2.45) is 11.7 Å². The SMILES string of the molecule is CCC(CC(N)=S)N(CCC(C)C)C1CCCC1. The van der Waals surface area contributed by atoms with E-state index in [9.17, 15) is 0 Å². The Labute approximate surface area is 118 Å². The van der Waals surface area contributed by atoms with Crippen molar-refractivity contribution >= 4 is 17.2 Å². The Hall–Kier alpha value is -0.150. The lowest BCUT2D eigenvalue weighted by molar-refractivity contribution is 0.127. The molecule has 1 saturated carbocycles. The van der Waals surface area contributed by atoms with E-state index in [1.807, 2.05) is 0 Å². The molecule has 0 radical (unpaired) electrons. The molecular weight excluding hydrogens is 240 g/mol. The van der Waals surface area contributed by atoms with Gasteiger partial charge in [-0.1, -0.05) is 45.8 Å². The highest BCUT2D eigenvalue weighted by atomic mass is 32.1. The predicted molar refractivity (Wildman–Crippen MR) is 83.9 cm³/mol. The number of nitrogens with zero attached hydrogens (tertiary/aromatic N) is 1. The number of rotatable bonds is 8. The lowest BCUT2D eigenvalue weighted by Crippen LogP contribution is -2.44. The summed E-state index contributed by atoms with van der Waals surface area (Å²) in [5, 5.41) is 0. The highest BCUT2D eigenvalue weighted by molar-refractivity contribution is 7.80. The van der Waals surface area contributed by atoms with E-state index in [-0.39, 0.29) is 0 Å². The van der Waals surface area contributed by atoms with Gasteiger partial charge in [0, 0.05) is 18.5 Å². The molecule has 1 aliphatic carbocycles. The van der Waals surface area contributed by atoms with E-state index >= 15 is 0 Å². The van der Waals surface area contributed by atoms with Crippen LogP contribution < -0.4 is 5.73 Å². The van der Waals surface area contributed by atoms with Crippen LogP contribution in [0.2, 0.25) is 0 Å². The van der Waals surface area contributed by atoms with Gasteiger partial charge in [0.2, 0.25) is 0 Å². The monoisotopic (exact) mass is 270 g/mol. The third kappa shape index (κ3) is 5.23. The molecule has 0 amide bonds. The van der Waals surface area contributed by atoms with E-state index in [2.05, 4.69) is 25.7 Å². The normalized spacial score (nSPS) is 18.7. The van der Waals surface area contributed by atoms with Crippen LogP contribution in [-0.4, -0.2) is 28.5 Å². The van der Waals surface area contributed by atoms with Crippen molar-refractivity contribution in [1.29, 1.82) is 0 Å². The Morgan fingerprint density at radius 2 is 1.94 bits per heavy atom. The summed E-state index contributed by atoms with van der Waals surface area (Å²) >= 11 is 5.12. The molecule has 0 spiro atoms. The van der Waals surface area contributed by atoms with Crippen molar-refractivity contribution in [3.05, 3.63) is 0 Å². The second-order valence-corrected chi connectivity index (χ2v) is 6.62. The fraction of sp³-hybridized carbons (Fsp3) is 0.933. The highest BCUT2D eigenvalue weighted by Gasteiger charge is 2.27. The summed E-state index contributed by atoms with van der Waals surface area (Å²) in [5.41, 5.74) is 5.77. The lowest BCUT2D eigenvalue weighted by Gasteiger charge is -2.36. The van der Waals surface area contributed by atoms with Gasteiger partial charge in [-0.2, -0.15) is 0 Å². The molecule has 0 bridgehead atoms. The molecule has 106 valence electrons. The second kappa shape index (κ2) is 8.11. The molecule has 1 atom stereocenters. The minimum atomic E-state index is 0.560. The number of hydrogen-bond donors (Lipinski definition) is 1. The van der Waals surface area contributed by atoms with Gasteiger partial charge in [0.15, 0.2) is 0 Å². The first-order valence-electron chi connectivity index (χ1n) is 7.58. The van der Waals surface area contributed by atoms with Gasteiger partial charge in [-0.15, -0.1) is 0 Å². The van der Waals surface area contributed by atoms with Gasteiger partial charge in [-0.25, -0.2) is 0 Å². The number of nitrogens with two attached hydrogens (primary N) is 1. The maximum atomic E-state index is 5.77. The predicted octanol–water partition coefficient (Wildman–Crippen LogP) is 3.73. The minimum Gasteiger partial charge on any atom is -0.393 e. The maximum absolute atomic E-state index is 5.77. The van der Waals surface area contributed by atoms with Crippen molar-refractivity contribution in [2.75, 3.05) is 6.54 Å². The van der Waals surface area contributed by atoms with Gasteiger partial charge in [0.05, 0.1) is 4.99 Å². The molecule has 1 fully saturated rings. The van der Waals surface area contributed by atoms with E-state index in [4.69, 9.17) is 18.0 Å². The molecule has 18 heavy (non-hydrogen) atoms. The standard InChI is InChI=1S/C15H30N2S/c1-4-13(11-15(16)18)17(10-9-12(2)3)14-7-5-6-8-14/h12-14H,4-11H2,1-3H3,(H2,16,18). The second-order valence-electron chi connectivity index (χ2n) is 6.09. The summed E-state index contributed by atoms with van der Waals surface area (Å²) in [6, 6.07) is 1.34. The van der Waals surface area contributed by atoms with E-state index < -0.39 is 0 Å². The van der Waals surface area contributed by atoms with Crippen molar-refractivity contribution in [3.63, 3.8) is 0 Å². The third-order valence-electron chi connectivity index (χ3n) is 4.14. The first-order valence-corrected chi connectivity index (χ1v) is 7.99. The fourth-order valence-electron chi connectivity index (χ4n) is 3.03. The lowest BCUT2D eigenvalue weighted by atomic mass is 10.0. The van der Waals surface area contributed by atoms with Crippen LogP contribution in [0.3, 0.4) is 0 Å². The zero-order valence-electron chi connectivity index (χ0n) is 12.3. The van der Waals surface area contributed by atoms with Crippen LogP contribution in [0.1, 0.15) is 65.7 Å². The van der Waals surface area contributed by atoms with Crippen LogP contribution >= 0.6 is 12.2 Å². The summed E-state index contributed by atoms with van der Waals surface area (Å²) in [6.07, 6.45) is 8.85. The van der Waals surface area contributed by atoms with Gasteiger partial charge in [-0.05, 0) is 38.1 Å². The molecule has 3 heteroatoms. The molecule has 1 aliphatic rings. The zero-order chi connectivity index (χ0) is 13.5. The summed E-state index contributed by atoms with van der Waals surface area (Å²) in [5.74, 6) is 0.774. The van der Waals surface area contributed by atoms with E-state index in [1.165, 1.54) is 38.6 Å². The molecule has 0 saturated heterocycles. The molecule has 0 heterocycles. The van der Waals surface area contributed by atoms with Gasteiger partial charge >= 0.3 is 0 Å². The van der Waals surface area contributed by atoms with Gasteiger partial charge in [0.25, 0.3) is 0 Å². The fourth-order valence-corrected chi connectivity index (χ4v) is 3.23. The van der Waals surface area contributed by atoms with Gasteiger partial charge < -0.3 is 5.73 Å². The summed E-state index contributed by atoms with van der Waals surface area (Å²) < 4.78 is 0. The van der Waals surface area contributed by atoms with Gasteiger partial charge in [-0.3, -0.25) is 4.90 Å². The summed E-state index contributed by atoms with van der Waals surface area (Å²) in [4.78, 5) is 3.39. The Morgan fingerprint density at radius 3 is 2.39 bits per heavy atom. The molecule has 2 nitrogen and oxygen atoms in total. The van der Waals surface area contributed by atoms with Crippen LogP contribution in [0.25, 0.3) is 0 Å². The summed E-state index contributed by atoms with van der Waals surface area (Å²) in [6.45, 7) is 8.09. The van der Waals surface area contributed by atoms with Crippen LogP contribution in [0.5, 0.6) is 0 Å².